The lowest BCUT2D eigenvalue weighted by atomic mass is 10.0. The summed E-state index contributed by atoms with van der Waals surface area (Å²) in [5, 5.41) is 6.15. The maximum atomic E-state index is 11.7. The van der Waals surface area contributed by atoms with Gasteiger partial charge in [0.15, 0.2) is 0 Å². The summed E-state index contributed by atoms with van der Waals surface area (Å²) < 4.78 is 0. The molecule has 0 aliphatic carbocycles. The number of rotatable bonds is 5. The molecule has 0 unspecified atom stereocenters. The Morgan fingerprint density at radius 1 is 1.37 bits per heavy atom. The molecule has 0 aromatic heterocycles. The van der Waals surface area contributed by atoms with Crippen molar-refractivity contribution in [3.8, 4) is 0 Å². The van der Waals surface area contributed by atoms with E-state index in [2.05, 4.69) is 10.6 Å². The normalized spacial score (nSPS) is 13.3. The highest BCUT2D eigenvalue weighted by Crippen LogP contribution is 2.25. The van der Waals surface area contributed by atoms with Crippen LogP contribution in [0.2, 0.25) is 0 Å². The molecule has 2 amide bonds. The van der Waals surface area contributed by atoms with Gasteiger partial charge in [0, 0.05) is 17.9 Å². The standard InChI is InChI=1S/C13H17N3O2S/c14-12(17)7-19-8-13(18)16-10-3-4-11-9(6-10)2-1-5-15-11/h3-4,6,15H,1-2,5,7-8H2,(H2,14,17)(H,16,18). The summed E-state index contributed by atoms with van der Waals surface area (Å²) >= 11 is 1.22. The van der Waals surface area contributed by atoms with Crippen molar-refractivity contribution >= 4 is 35.0 Å². The van der Waals surface area contributed by atoms with Crippen LogP contribution in [0.5, 0.6) is 0 Å². The molecule has 0 saturated carbocycles. The Bertz CT molecular complexity index is 491. The molecule has 0 atom stereocenters. The largest absolute Gasteiger partial charge is 0.385 e. The topological polar surface area (TPSA) is 84.2 Å². The average molecular weight is 279 g/mol. The number of amides is 2. The molecule has 0 radical (unpaired) electrons. The Balaban J connectivity index is 1.88. The minimum atomic E-state index is -0.405. The van der Waals surface area contributed by atoms with E-state index < -0.39 is 5.91 Å². The number of anilines is 2. The van der Waals surface area contributed by atoms with E-state index in [1.54, 1.807) is 0 Å². The number of fused-ring (bicyclic) bond motifs is 1. The molecule has 6 heteroatoms. The zero-order chi connectivity index (χ0) is 13.7. The van der Waals surface area contributed by atoms with Gasteiger partial charge in [0.25, 0.3) is 0 Å². The van der Waals surface area contributed by atoms with Crippen LogP contribution in [-0.2, 0) is 16.0 Å². The van der Waals surface area contributed by atoms with Crippen LogP contribution in [0.15, 0.2) is 18.2 Å². The molecule has 0 fully saturated rings. The molecule has 1 aliphatic heterocycles. The molecular formula is C13H17N3O2S. The zero-order valence-corrected chi connectivity index (χ0v) is 11.4. The third-order valence-corrected chi connectivity index (χ3v) is 3.76. The number of primary amides is 1. The zero-order valence-electron chi connectivity index (χ0n) is 10.6. The lowest BCUT2D eigenvalue weighted by Crippen LogP contribution is -2.18. The summed E-state index contributed by atoms with van der Waals surface area (Å²) in [4.78, 5) is 22.2. The van der Waals surface area contributed by atoms with Gasteiger partial charge >= 0.3 is 0 Å². The van der Waals surface area contributed by atoms with E-state index in [1.165, 1.54) is 17.3 Å². The predicted octanol–water partition coefficient (Wildman–Crippen LogP) is 1.20. The summed E-state index contributed by atoms with van der Waals surface area (Å²) in [5.74, 6) is -0.118. The van der Waals surface area contributed by atoms with Crippen LogP contribution >= 0.6 is 11.8 Å². The van der Waals surface area contributed by atoms with Gasteiger partial charge in [0.1, 0.15) is 0 Å². The van der Waals surface area contributed by atoms with E-state index in [-0.39, 0.29) is 17.4 Å². The van der Waals surface area contributed by atoms with Gasteiger partial charge in [-0.15, -0.1) is 11.8 Å². The van der Waals surface area contributed by atoms with Gasteiger partial charge in [-0.2, -0.15) is 0 Å². The Labute approximate surface area is 116 Å². The summed E-state index contributed by atoms with van der Waals surface area (Å²) in [6.45, 7) is 1.00. The maximum Gasteiger partial charge on any atom is 0.234 e. The number of carbonyl (C=O) groups excluding carboxylic acids is 2. The van der Waals surface area contributed by atoms with Crippen molar-refractivity contribution in [1.82, 2.24) is 0 Å². The lowest BCUT2D eigenvalue weighted by molar-refractivity contribution is -0.115. The highest BCUT2D eigenvalue weighted by atomic mass is 32.2. The predicted molar refractivity (Wildman–Crippen MR) is 78.4 cm³/mol. The van der Waals surface area contributed by atoms with Crippen molar-refractivity contribution in [3.05, 3.63) is 23.8 Å². The van der Waals surface area contributed by atoms with Gasteiger partial charge in [0.2, 0.25) is 11.8 Å². The van der Waals surface area contributed by atoms with Crippen LogP contribution in [0, 0.1) is 0 Å². The summed E-state index contributed by atoms with van der Waals surface area (Å²) in [7, 11) is 0. The van der Waals surface area contributed by atoms with E-state index in [0.29, 0.717) is 0 Å². The number of aryl methyl sites for hydroxylation is 1. The Morgan fingerprint density at radius 2 is 2.21 bits per heavy atom. The third-order valence-electron chi connectivity index (χ3n) is 2.80. The second-order valence-corrected chi connectivity index (χ2v) is 5.40. The number of nitrogens with two attached hydrogens (primary N) is 1. The molecule has 102 valence electrons. The number of carbonyl (C=O) groups is 2. The third kappa shape index (κ3) is 4.17. The Hall–Kier alpha value is -1.69. The number of hydrogen-bond acceptors (Lipinski definition) is 4. The Kier molecular flexibility index (Phi) is 4.68. The van der Waals surface area contributed by atoms with E-state index >= 15 is 0 Å². The fourth-order valence-corrected chi connectivity index (χ4v) is 2.55. The first-order valence-corrected chi connectivity index (χ1v) is 7.33. The molecule has 1 aliphatic rings. The van der Waals surface area contributed by atoms with Crippen molar-refractivity contribution in [1.29, 1.82) is 0 Å². The van der Waals surface area contributed by atoms with Gasteiger partial charge in [-0.1, -0.05) is 0 Å². The molecule has 0 bridgehead atoms. The summed E-state index contributed by atoms with van der Waals surface area (Å²) in [5.41, 5.74) is 8.18. The van der Waals surface area contributed by atoms with E-state index in [9.17, 15) is 9.59 Å². The number of hydrogen-bond donors (Lipinski definition) is 3. The molecular weight excluding hydrogens is 262 g/mol. The lowest BCUT2D eigenvalue weighted by Gasteiger charge is -2.18. The minimum absolute atomic E-state index is 0.116. The van der Waals surface area contributed by atoms with Gasteiger partial charge < -0.3 is 16.4 Å². The molecule has 0 saturated heterocycles. The second kappa shape index (κ2) is 6.47. The number of benzene rings is 1. The SMILES string of the molecule is NC(=O)CSCC(=O)Nc1ccc2c(c1)CCCN2. The van der Waals surface area contributed by atoms with E-state index in [0.717, 1.165) is 30.8 Å². The van der Waals surface area contributed by atoms with E-state index in [4.69, 9.17) is 5.73 Å². The quantitative estimate of drug-likeness (QED) is 0.756. The monoisotopic (exact) mass is 279 g/mol. The van der Waals surface area contributed by atoms with Crippen LogP contribution in [0.4, 0.5) is 11.4 Å². The maximum absolute atomic E-state index is 11.7. The summed E-state index contributed by atoms with van der Waals surface area (Å²) in [6.07, 6.45) is 2.14. The van der Waals surface area contributed by atoms with Crippen LogP contribution in [-0.4, -0.2) is 29.9 Å². The van der Waals surface area contributed by atoms with Crippen LogP contribution in [0.3, 0.4) is 0 Å². The van der Waals surface area contributed by atoms with Gasteiger partial charge in [0.05, 0.1) is 11.5 Å². The molecule has 1 heterocycles. The van der Waals surface area contributed by atoms with Crippen LogP contribution in [0.25, 0.3) is 0 Å². The van der Waals surface area contributed by atoms with Crippen molar-refractivity contribution in [2.45, 2.75) is 12.8 Å². The fraction of sp³-hybridized carbons (Fsp3) is 0.385. The highest BCUT2D eigenvalue weighted by molar-refractivity contribution is 8.00. The van der Waals surface area contributed by atoms with E-state index in [1.807, 2.05) is 18.2 Å². The molecule has 19 heavy (non-hydrogen) atoms. The first-order chi connectivity index (χ1) is 9.15. The van der Waals surface area contributed by atoms with Crippen LogP contribution < -0.4 is 16.4 Å². The fourth-order valence-electron chi connectivity index (χ4n) is 1.99. The second-order valence-electron chi connectivity index (χ2n) is 4.41. The molecule has 1 aromatic carbocycles. The van der Waals surface area contributed by atoms with Crippen molar-refractivity contribution in [3.63, 3.8) is 0 Å². The van der Waals surface area contributed by atoms with Gasteiger partial charge in [-0.05, 0) is 36.6 Å². The Morgan fingerprint density at radius 3 is 3.00 bits per heavy atom. The number of nitrogens with one attached hydrogen (secondary N) is 2. The molecule has 4 N–H and O–H groups in total. The van der Waals surface area contributed by atoms with Crippen molar-refractivity contribution in [2.24, 2.45) is 5.73 Å². The van der Waals surface area contributed by atoms with Gasteiger partial charge in [-0.25, -0.2) is 0 Å². The molecule has 2 rings (SSSR count). The van der Waals surface area contributed by atoms with Crippen molar-refractivity contribution < 1.29 is 9.59 Å². The average Bonchev–Trinajstić information content (AvgIpc) is 2.38. The van der Waals surface area contributed by atoms with Gasteiger partial charge in [-0.3, -0.25) is 9.59 Å². The molecule has 0 spiro atoms. The van der Waals surface area contributed by atoms with Crippen molar-refractivity contribution in [2.75, 3.05) is 28.7 Å². The summed E-state index contributed by atoms with van der Waals surface area (Å²) in [6, 6.07) is 5.87. The highest BCUT2D eigenvalue weighted by Gasteiger charge is 2.10. The first kappa shape index (κ1) is 13.7. The smallest absolute Gasteiger partial charge is 0.234 e. The molecule has 1 aromatic rings. The van der Waals surface area contributed by atoms with Crippen LogP contribution in [0.1, 0.15) is 12.0 Å². The first-order valence-electron chi connectivity index (χ1n) is 6.18. The minimum Gasteiger partial charge on any atom is -0.385 e. The molecule has 5 nitrogen and oxygen atoms in total. The number of thioether (sulfide) groups is 1.